The Labute approximate surface area is 170 Å². The summed E-state index contributed by atoms with van der Waals surface area (Å²) in [6.07, 6.45) is 2.14. The van der Waals surface area contributed by atoms with Gasteiger partial charge in [-0.25, -0.2) is 18.1 Å². The van der Waals surface area contributed by atoms with Gasteiger partial charge in [0.2, 0.25) is 5.88 Å². The lowest BCUT2D eigenvalue weighted by Gasteiger charge is -2.10. The third-order valence-corrected chi connectivity index (χ3v) is 4.40. The van der Waals surface area contributed by atoms with Gasteiger partial charge >= 0.3 is 0 Å². The van der Waals surface area contributed by atoms with E-state index in [0.717, 1.165) is 11.3 Å². The maximum Gasteiger partial charge on any atom is 0.263 e. The Balaban J connectivity index is 1.49. The van der Waals surface area contributed by atoms with Gasteiger partial charge in [0.15, 0.2) is 5.82 Å². The Bertz CT molecular complexity index is 1190. The van der Waals surface area contributed by atoms with Crippen LogP contribution in [0.25, 0.3) is 11.5 Å². The topological polar surface area (TPSA) is 94.4 Å². The van der Waals surface area contributed by atoms with Crippen molar-refractivity contribution in [1.82, 2.24) is 29.8 Å². The SMILES string of the molecule is Cc1cnn(-c2ccc(C(F)F)cc2)c1COc1ccc(-n2cc(C#N)cn2)nn1. The van der Waals surface area contributed by atoms with Gasteiger partial charge in [-0.05, 0) is 30.7 Å². The van der Waals surface area contributed by atoms with Gasteiger partial charge in [-0.2, -0.15) is 15.5 Å². The number of rotatable bonds is 6. The molecule has 0 saturated heterocycles. The Morgan fingerprint density at radius 1 is 1.07 bits per heavy atom. The van der Waals surface area contributed by atoms with Crippen LogP contribution in [0.2, 0.25) is 0 Å². The molecule has 10 heteroatoms. The number of hydrogen-bond acceptors (Lipinski definition) is 6. The van der Waals surface area contributed by atoms with E-state index in [9.17, 15) is 8.78 Å². The van der Waals surface area contributed by atoms with Gasteiger partial charge in [0.1, 0.15) is 12.7 Å². The maximum atomic E-state index is 12.8. The number of benzene rings is 1. The lowest BCUT2D eigenvalue weighted by molar-refractivity contribution is 0.151. The summed E-state index contributed by atoms with van der Waals surface area (Å²) in [6.45, 7) is 2.05. The molecule has 0 amide bonds. The van der Waals surface area contributed by atoms with Crippen molar-refractivity contribution in [3.63, 3.8) is 0 Å². The Morgan fingerprint density at radius 2 is 1.87 bits per heavy atom. The van der Waals surface area contributed by atoms with E-state index in [4.69, 9.17) is 10.00 Å². The van der Waals surface area contributed by atoms with E-state index >= 15 is 0 Å². The molecule has 150 valence electrons. The summed E-state index contributed by atoms with van der Waals surface area (Å²) in [7, 11) is 0. The Kier molecular flexibility index (Phi) is 5.17. The lowest BCUT2D eigenvalue weighted by atomic mass is 10.2. The average molecular weight is 407 g/mol. The number of aromatic nitrogens is 6. The van der Waals surface area contributed by atoms with Crippen molar-refractivity contribution in [3.05, 3.63) is 77.4 Å². The second-order valence-corrected chi connectivity index (χ2v) is 6.38. The second-order valence-electron chi connectivity index (χ2n) is 6.38. The number of halogens is 2. The number of aryl methyl sites for hydroxylation is 1. The van der Waals surface area contributed by atoms with E-state index in [-0.39, 0.29) is 12.2 Å². The standard InChI is InChI=1S/C20H15F2N7O/c1-13-9-25-29(16-4-2-15(3-5-16)20(21)22)17(13)12-30-19-7-6-18(26-27-19)28-11-14(8-23)10-24-28/h2-7,9-11,20H,12H2,1H3. The van der Waals surface area contributed by atoms with Gasteiger partial charge in [-0.15, -0.1) is 10.2 Å². The average Bonchev–Trinajstić information content (AvgIpc) is 3.39. The van der Waals surface area contributed by atoms with Crippen LogP contribution in [0.4, 0.5) is 8.78 Å². The van der Waals surface area contributed by atoms with Crippen molar-refractivity contribution in [2.24, 2.45) is 0 Å². The van der Waals surface area contributed by atoms with E-state index in [1.165, 1.54) is 23.0 Å². The molecule has 0 N–H and O–H groups in total. The normalized spacial score (nSPS) is 10.9. The molecule has 3 aromatic heterocycles. The van der Waals surface area contributed by atoms with E-state index in [2.05, 4.69) is 20.4 Å². The summed E-state index contributed by atoms with van der Waals surface area (Å²) in [5.74, 6) is 0.746. The lowest BCUT2D eigenvalue weighted by Crippen LogP contribution is -2.08. The highest BCUT2D eigenvalue weighted by molar-refractivity contribution is 5.37. The van der Waals surface area contributed by atoms with E-state index in [1.54, 1.807) is 41.3 Å². The Morgan fingerprint density at radius 3 is 2.50 bits per heavy atom. The molecule has 4 aromatic rings. The van der Waals surface area contributed by atoms with Crippen LogP contribution in [0.1, 0.15) is 28.8 Å². The van der Waals surface area contributed by atoms with Crippen LogP contribution < -0.4 is 4.74 Å². The first kappa shape index (κ1) is 19.2. The summed E-state index contributed by atoms with van der Waals surface area (Å²) in [4.78, 5) is 0. The molecule has 0 fully saturated rings. The number of nitriles is 1. The monoisotopic (exact) mass is 407 g/mol. The van der Waals surface area contributed by atoms with E-state index in [1.807, 2.05) is 13.0 Å². The largest absolute Gasteiger partial charge is 0.470 e. The fourth-order valence-corrected chi connectivity index (χ4v) is 2.77. The van der Waals surface area contributed by atoms with Crippen molar-refractivity contribution in [2.45, 2.75) is 20.0 Å². The molecule has 0 aliphatic rings. The second kappa shape index (κ2) is 8.08. The molecule has 1 aromatic carbocycles. The maximum absolute atomic E-state index is 12.8. The van der Waals surface area contributed by atoms with Crippen LogP contribution >= 0.6 is 0 Å². The minimum absolute atomic E-state index is 0.0464. The Hall–Kier alpha value is -4.13. The molecule has 0 unspecified atom stereocenters. The van der Waals surface area contributed by atoms with E-state index in [0.29, 0.717) is 22.9 Å². The molecule has 3 heterocycles. The highest BCUT2D eigenvalue weighted by atomic mass is 19.3. The first-order chi connectivity index (χ1) is 14.5. The minimum Gasteiger partial charge on any atom is -0.470 e. The summed E-state index contributed by atoms with van der Waals surface area (Å²) in [5, 5.41) is 25.3. The fraction of sp³-hybridized carbons (Fsp3) is 0.150. The zero-order valence-corrected chi connectivity index (χ0v) is 15.8. The fourth-order valence-electron chi connectivity index (χ4n) is 2.77. The van der Waals surface area contributed by atoms with Crippen molar-refractivity contribution in [3.8, 4) is 23.5 Å². The summed E-state index contributed by atoms with van der Waals surface area (Å²) < 4.78 is 34.4. The molecule has 0 radical (unpaired) electrons. The summed E-state index contributed by atoms with van der Waals surface area (Å²) >= 11 is 0. The minimum atomic E-state index is -2.52. The van der Waals surface area contributed by atoms with Crippen molar-refractivity contribution < 1.29 is 13.5 Å². The number of alkyl halides is 2. The van der Waals surface area contributed by atoms with Crippen LogP contribution in [-0.4, -0.2) is 29.8 Å². The number of hydrogen-bond donors (Lipinski definition) is 0. The highest BCUT2D eigenvalue weighted by Crippen LogP contribution is 2.22. The van der Waals surface area contributed by atoms with Crippen molar-refractivity contribution in [1.29, 1.82) is 5.26 Å². The molecule has 8 nitrogen and oxygen atoms in total. The summed E-state index contributed by atoms with van der Waals surface area (Å²) in [6, 6.07) is 11.2. The molecule has 0 spiro atoms. The van der Waals surface area contributed by atoms with Gasteiger partial charge in [-0.1, -0.05) is 12.1 Å². The van der Waals surface area contributed by atoms with Crippen molar-refractivity contribution >= 4 is 0 Å². The van der Waals surface area contributed by atoms with Crippen LogP contribution in [0.3, 0.4) is 0 Å². The molecule has 4 rings (SSSR count). The molecular formula is C20H15F2N7O. The van der Waals surface area contributed by atoms with Gasteiger partial charge in [0, 0.05) is 11.6 Å². The number of nitrogens with zero attached hydrogens (tertiary/aromatic N) is 7. The zero-order chi connectivity index (χ0) is 21.1. The molecule has 0 atom stereocenters. The molecule has 0 aliphatic carbocycles. The molecule has 30 heavy (non-hydrogen) atoms. The van der Waals surface area contributed by atoms with Gasteiger partial charge in [-0.3, -0.25) is 0 Å². The molecule has 0 bridgehead atoms. The third-order valence-electron chi connectivity index (χ3n) is 4.40. The van der Waals surface area contributed by atoms with Crippen LogP contribution in [0, 0.1) is 18.3 Å². The smallest absolute Gasteiger partial charge is 0.263 e. The summed E-state index contributed by atoms with van der Waals surface area (Å²) in [5.41, 5.74) is 2.67. The van der Waals surface area contributed by atoms with Crippen molar-refractivity contribution in [2.75, 3.05) is 0 Å². The van der Waals surface area contributed by atoms with Crippen LogP contribution in [0.15, 0.2) is 55.0 Å². The highest BCUT2D eigenvalue weighted by Gasteiger charge is 2.13. The molecule has 0 saturated carbocycles. The predicted octanol–water partition coefficient (Wildman–Crippen LogP) is 3.54. The van der Waals surface area contributed by atoms with Gasteiger partial charge < -0.3 is 4.74 Å². The zero-order valence-electron chi connectivity index (χ0n) is 15.8. The van der Waals surface area contributed by atoms with Gasteiger partial charge in [0.25, 0.3) is 6.43 Å². The third kappa shape index (κ3) is 3.86. The number of ether oxygens (including phenoxy) is 1. The molecule has 0 aliphatic heterocycles. The molecular weight excluding hydrogens is 392 g/mol. The predicted molar refractivity (Wildman–Crippen MR) is 101 cm³/mol. The first-order valence-corrected chi connectivity index (χ1v) is 8.89. The quantitative estimate of drug-likeness (QED) is 0.485. The van der Waals surface area contributed by atoms with Gasteiger partial charge in [0.05, 0.1) is 35.5 Å². The first-order valence-electron chi connectivity index (χ1n) is 8.89. The van der Waals surface area contributed by atoms with Crippen LogP contribution in [-0.2, 0) is 6.61 Å². The van der Waals surface area contributed by atoms with E-state index < -0.39 is 6.43 Å². The van der Waals surface area contributed by atoms with Crippen LogP contribution in [0.5, 0.6) is 5.88 Å².